The molecule has 0 unspecified atom stereocenters. The van der Waals surface area contributed by atoms with Crippen molar-refractivity contribution in [2.45, 2.75) is 38.5 Å². The molecular weight excluding hydrogens is 300 g/mol. The number of hydrogen-bond donors (Lipinski definition) is 2. The van der Waals surface area contributed by atoms with Crippen LogP contribution in [0.5, 0.6) is 0 Å². The highest BCUT2D eigenvalue weighted by atomic mass is 16.2. The number of nitrogens with one attached hydrogen (secondary N) is 1. The van der Waals surface area contributed by atoms with E-state index in [0.29, 0.717) is 12.5 Å². The van der Waals surface area contributed by atoms with E-state index < -0.39 is 0 Å². The first-order chi connectivity index (χ1) is 11.6. The number of fused-ring (bicyclic) bond motifs is 1. The van der Waals surface area contributed by atoms with Gasteiger partial charge in [0.15, 0.2) is 0 Å². The van der Waals surface area contributed by atoms with E-state index in [-0.39, 0.29) is 6.03 Å². The van der Waals surface area contributed by atoms with E-state index in [0.717, 1.165) is 37.1 Å². The number of likely N-dealkylation sites (tertiary alicyclic amines) is 1. The van der Waals surface area contributed by atoms with Crippen LogP contribution in [0.2, 0.25) is 0 Å². The molecule has 24 heavy (non-hydrogen) atoms. The third kappa shape index (κ3) is 3.41. The fraction of sp³-hybridized carbons (Fsp3) is 0.526. The first kappa shape index (κ1) is 16.8. The molecule has 0 saturated carbocycles. The molecule has 3 N–H and O–H groups in total. The second kappa shape index (κ2) is 7.26. The van der Waals surface area contributed by atoms with Gasteiger partial charge in [0.1, 0.15) is 0 Å². The van der Waals surface area contributed by atoms with Gasteiger partial charge in [-0.15, -0.1) is 0 Å². The van der Waals surface area contributed by atoms with Crippen molar-refractivity contribution < 1.29 is 4.79 Å². The smallest absolute Gasteiger partial charge is 0.319 e. The maximum Gasteiger partial charge on any atom is 0.319 e. The van der Waals surface area contributed by atoms with E-state index in [2.05, 4.69) is 42.2 Å². The van der Waals surface area contributed by atoms with E-state index in [9.17, 15) is 4.79 Å². The number of anilines is 1. The molecule has 1 aromatic heterocycles. The zero-order valence-corrected chi connectivity index (χ0v) is 14.7. The summed E-state index contributed by atoms with van der Waals surface area (Å²) in [4.78, 5) is 19.3. The number of amides is 2. The predicted molar refractivity (Wildman–Crippen MR) is 99.6 cm³/mol. The Kier molecular flexibility index (Phi) is 5.09. The summed E-state index contributed by atoms with van der Waals surface area (Å²) in [5, 5.41) is 1.23. The molecule has 5 heteroatoms. The second-order valence-corrected chi connectivity index (χ2v) is 6.89. The maximum absolute atomic E-state index is 11.8. The normalized spacial score (nSPS) is 16.6. The van der Waals surface area contributed by atoms with Crippen molar-refractivity contribution in [3.05, 3.63) is 30.0 Å². The van der Waals surface area contributed by atoms with Gasteiger partial charge in [-0.25, -0.2) is 4.79 Å². The lowest BCUT2D eigenvalue weighted by molar-refractivity contribution is 0.254. The molecule has 2 aromatic rings. The van der Waals surface area contributed by atoms with Crippen LogP contribution in [0.1, 0.15) is 44.1 Å². The summed E-state index contributed by atoms with van der Waals surface area (Å²) in [6.07, 6.45) is 6.50. The monoisotopic (exact) mass is 328 g/mol. The standard InChI is InChI=1S/C19H28N4O/c1-3-4-9-23(19(20)24)15-5-6-18-16(12-15)17(13-21-18)14-7-10-22(2)11-8-14/h5-6,12-14,21H,3-4,7-11H2,1-2H3,(H2,20,24). The van der Waals surface area contributed by atoms with Crippen molar-refractivity contribution >= 4 is 22.6 Å². The molecule has 0 aliphatic carbocycles. The van der Waals surface area contributed by atoms with Gasteiger partial charge in [-0.1, -0.05) is 13.3 Å². The van der Waals surface area contributed by atoms with Gasteiger partial charge in [-0.05, 0) is 69.1 Å². The molecule has 2 amide bonds. The molecule has 0 spiro atoms. The average Bonchev–Trinajstić information content (AvgIpc) is 2.99. The number of carbonyl (C=O) groups excluding carboxylic acids is 1. The predicted octanol–water partition coefficient (Wildman–Crippen LogP) is 3.66. The van der Waals surface area contributed by atoms with Gasteiger partial charge in [-0.2, -0.15) is 0 Å². The van der Waals surface area contributed by atoms with Gasteiger partial charge >= 0.3 is 6.03 Å². The Morgan fingerprint density at radius 3 is 2.79 bits per heavy atom. The number of urea groups is 1. The Balaban J connectivity index is 1.91. The number of piperidine rings is 1. The molecule has 0 bridgehead atoms. The van der Waals surface area contributed by atoms with Crippen molar-refractivity contribution in [1.82, 2.24) is 9.88 Å². The number of rotatable bonds is 5. The quantitative estimate of drug-likeness (QED) is 0.879. The number of benzene rings is 1. The fourth-order valence-electron chi connectivity index (χ4n) is 3.64. The lowest BCUT2D eigenvalue weighted by atomic mass is 9.89. The van der Waals surface area contributed by atoms with Gasteiger partial charge in [0.05, 0.1) is 0 Å². The van der Waals surface area contributed by atoms with Crippen LogP contribution >= 0.6 is 0 Å². The van der Waals surface area contributed by atoms with E-state index >= 15 is 0 Å². The number of H-pyrrole nitrogens is 1. The van der Waals surface area contributed by atoms with Crippen LogP contribution in [0.25, 0.3) is 10.9 Å². The van der Waals surface area contributed by atoms with Crippen LogP contribution in [0.3, 0.4) is 0 Å². The number of nitrogens with zero attached hydrogens (tertiary/aromatic N) is 2. The number of carbonyl (C=O) groups is 1. The molecule has 2 heterocycles. The number of aromatic nitrogens is 1. The number of nitrogens with two attached hydrogens (primary N) is 1. The molecule has 0 radical (unpaired) electrons. The Morgan fingerprint density at radius 2 is 2.12 bits per heavy atom. The van der Waals surface area contributed by atoms with Crippen molar-refractivity contribution in [2.75, 3.05) is 31.6 Å². The van der Waals surface area contributed by atoms with E-state index in [1.807, 2.05) is 6.07 Å². The number of unbranched alkanes of at least 4 members (excludes halogenated alkanes) is 1. The van der Waals surface area contributed by atoms with Crippen LogP contribution in [0.4, 0.5) is 10.5 Å². The Bertz CT molecular complexity index is 700. The minimum atomic E-state index is -0.376. The van der Waals surface area contributed by atoms with Crippen molar-refractivity contribution in [3.8, 4) is 0 Å². The summed E-state index contributed by atoms with van der Waals surface area (Å²) in [6, 6.07) is 5.79. The second-order valence-electron chi connectivity index (χ2n) is 6.89. The number of primary amides is 1. The molecule has 130 valence electrons. The molecular formula is C19H28N4O. The lowest BCUT2D eigenvalue weighted by Crippen LogP contribution is -2.36. The van der Waals surface area contributed by atoms with Crippen LogP contribution in [0, 0.1) is 0 Å². The average molecular weight is 328 g/mol. The Labute approximate surface area is 143 Å². The number of hydrogen-bond acceptors (Lipinski definition) is 2. The van der Waals surface area contributed by atoms with Gasteiger partial charge < -0.3 is 15.6 Å². The van der Waals surface area contributed by atoms with Gasteiger partial charge in [0.25, 0.3) is 0 Å². The molecule has 3 rings (SSSR count). The third-order valence-corrected chi connectivity index (χ3v) is 5.17. The summed E-state index contributed by atoms with van der Waals surface area (Å²) in [5.41, 5.74) is 9.01. The first-order valence-electron chi connectivity index (χ1n) is 8.96. The molecule has 1 aliphatic heterocycles. The third-order valence-electron chi connectivity index (χ3n) is 5.17. The van der Waals surface area contributed by atoms with Crippen LogP contribution < -0.4 is 10.6 Å². The van der Waals surface area contributed by atoms with Crippen LogP contribution in [-0.4, -0.2) is 42.6 Å². The fourth-order valence-corrected chi connectivity index (χ4v) is 3.64. The number of aromatic amines is 1. The van der Waals surface area contributed by atoms with Crippen LogP contribution in [0.15, 0.2) is 24.4 Å². The summed E-state index contributed by atoms with van der Waals surface area (Å²) in [7, 11) is 2.18. The minimum Gasteiger partial charge on any atom is -0.361 e. The highest BCUT2D eigenvalue weighted by Crippen LogP contribution is 2.34. The summed E-state index contributed by atoms with van der Waals surface area (Å²) < 4.78 is 0. The van der Waals surface area contributed by atoms with Crippen LogP contribution in [-0.2, 0) is 0 Å². The van der Waals surface area contributed by atoms with Gasteiger partial charge in [0.2, 0.25) is 0 Å². The zero-order valence-electron chi connectivity index (χ0n) is 14.7. The summed E-state index contributed by atoms with van der Waals surface area (Å²) >= 11 is 0. The Hall–Kier alpha value is -2.01. The van der Waals surface area contributed by atoms with Crippen molar-refractivity contribution in [1.29, 1.82) is 0 Å². The summed E-state index contributed by atoms with van der Waals surface area (Å²) in [5.74, 6) is 0.586. The zero-order chi connectivity index (χ0) is 17.1. The molecule has 1 fully saturated rings. The molecule has 1 aliphatic rings. The molecule has 5 nitrogen and oxygen atoms in total. The van der Waals surface area contributed by atoms with E-state index in [4.69, 9.17) is 5.73 Å². The van der Waals surface area contributed by atoms with Gasteiger partial charge in [0, 0.05) is 29.3 Å². The highest BCUT2D eigenvalue weighted by molar-refractivity contribution is 5.95. The van der Waals surface area contributed by atoms with Crippen molar-refractivity contribution in [2.24, 2.45) is 5.73 Å². The molecule has 1 saturated heterocycles. The SMILES string of the molecule is CCCCN(C(N)=O)c1ccc2[nH]cc(C3CCN(C)CC3)c2c1. The van der Waals surface area contributed by atoms with E-state index in [1.54, 1.807) is 4.90 Å². The van der Waals surface area contributed by atoms with Crippen molar-refractivity contribution in [3.63, 3.8) is 0 Å². The maximum atomic E-state index is 11.8. The first-order valence-corrected chi connectivity index (χ1v) is 8.96. The Morgan fingerprint density at radius 1 is 1.38 bits per heavy atom. The lowest BCUT2D eigenvalue weighted by Gasteiger charge is -2.29. The summed E-state index contributed by atoms with van der Waals surface area (Å²) in [6.45, 7) is 5.07. The largest absolute Gasteiger partial charge is 0.361 e. The topological polar surface area (TPSA) is 65.4 Å². The minimum absolute atomic E-state index is 0.376. The van der Waals surface area contributed by atoms with Gasteiger partial charge in [-0.3, -0.25) is 4.90 Å². The molecule has 1 aromatic carbocycles. The van der Waals surface area contributed by atoms with E-state index in [1.165, 1.54) is 23.8 Å². The molecule has 0 atom stereocenters. The highest BCUT2D eigenvalue weighted by Gasteiger charge is 2.22.